The zero-order chi connectivity index (χ0) is 44.4. The highest BCUT2D eigenvalue weighted by atomic mass is 16.3. The second-order valence-corrected chi connectivity index (χ2v) is 26.1. The largest absolute Gasteiger partial charge is 0.393 e. The molecule has 9 fully saturated rings. The molecule has 0 aromatic carbocycles. The maximum absolute atomic E-state index is 10.1. The first-order chi connectivity index (χ1) is 31.9. The van der Waals surface area contributed by atoms with Crippen molar-refractivity contribution in [1.29, 1.82) is 0 Å². The van der Waals surface area contributed by atoms with Gasteiger partial charge in [0.1, 0.15) is 0 Å². The molecule has 0 heterocycles. The molecule has 9 rings (SSSR count). The van der Waals surface area contributed by atoms with Gasteiger partial charge >= 0.3 is 0 Å². The van der Waals surface area contributed by atoms with Crippen molar-refractivity contribution >= 4 is 0 Å². The predicted molar refractivity (Wildman–Crippen MR) is 271 cm³/mol. The summed E-state index contributed by atoms with van der Waals surface area (Å²) in [4.78, 5) is 6.53. The molecule has 0 bridgehead atoms. The molecule has 374 valence electrons. The molecule has 5 nitrogen and oxygen atoms in total. The first kappa shape index (κ1) is 49.8. The SMILES string of the molecule is OC1CCC(CCC2CCC(N(C3CCCCC3)C3CCC(C4CCC(N(C5CCC(CCC6CCC(O)CC6)CC5)C5CCC(CCC6CCC(O)CC6)CC5)CC4)CC3)CC2)CC1. The molecule has 9 aliphatic rings. The number of nitrogens with zero attached hydrogens (tertiary/aromatic N) is 2. The summed E-state index contributed by atoms with van der Waals surface area (Å²) in [7, 11) is 0. The van der Waals surface area contributed by atoms with Crippen molar-refractivity contribution in [2.45, 2.75) is 331 Å². The van der Waals surface area contributed by atoms with Gasteiger partial charge in [-0.25, -0.2) is 0 Å². The summed E-state index contributed by atoms with van der Waals surface area (Å²) in [5, 5.41) is 30.1. The van der Waals surface area contributed by atoms with Gasteiger partial charge in [0.15, 0.2) is 0 Å². The second kappa shape index (κ2) is 25.3. The third-order valence-corrected chi connectivity index (χ3v) is 22.1. The minimum atomic E-state index is -0.0128. The predicted octanol–water partition coefficient (Wildman–Crippen LogP) is 14.7. The van der Waals surface area contributed by atoms with Gasteiger partial charge in [0.2, 0.25) is 0 Å². The van der Waals surface area contributed by atoms with E-state index in [0.717, 1.165) is 122 Å². The zero-order valence-corrected chi connectivity index (χ0v) is 42.5. The number of rotatable bonds is 16. The van der Waals surface area contributed by atoms with Gasteiger partial charge in [-0.15, -0.1) is 0 Å². The zero-order valence-electron chi connectivity index (χ0n) is 42.5. The summed E-state index contributed by atoms with van der Waals surface area (Å²) >= 11 is 0. The van der Waals surface area contributed by atoms with E-state index in [0.29, 0.717) is 0 Å². The monoisotopic (exact) mass is 903 g/mol. The van der Waals surface area contributed by atoms with E-state index < -0.39 is 0 Å². The van der Waals surface area contributed by atoms with Crippen LogP contribution in [0.2, 0.25) is 0 Å². The minimum Gasteiger partial charge on any atom is -0.393 e. The summed E-state index contributed by atoms with van der Waals surface area (Å²) in [5.74, 6) is 7.55. The van der Waals surface area contributed by atoms with Crippen molar-refractivity contribution in [3.05, 3.63) is 0 Å². The Kier molecular flexibility index (Phi) is 19.3. The fourth-order valence-corrected chi connectivity index (χ4v) is 17.8. The summed E-state index contributed by atoms with van der Waals surface area (Å²) < 4.78 is 0. The van der Waals surface area contributed by atoms with Crippen molar-refractivity contribution in [2.75, 3.05) is 0 Å². The van der Waals surface area contributed by atoms with Crippen LogP contribution in [0.4, 0.5) is 0 Å². The highest BCUT2D eigenvalue weighted by Crippen LogP contribution is 2.47. The second-order valence-electron chi connectivity index (χ2n) is 26.1. The van der Waals surface area contributed by atoms with E-state index in [2.05, 4.69) is 9.80 Å². The van der Waals surface area contributed by atoms with Crippen LogP contribution in [0, 0.1) is 47.3 Å². The third kappa shape index (κ3) is 14.2. The molecule has 0 aliphatic heterocycles. The van der Waals surface area contributed by atoms with Gasteiger partial charge in [-0.1, -0.05) is 57.8 Å². The van der Waals surface area contributed by atoms with E-state index in [1.165, 1.54) is 238 Å². The summed E-state index contributed by atoms with van der Waals surface area (Å²) in [6.45, 7) is 0. The van der Waals surface area contributed by atoms with E-state index in [1.54, 1.807) is 0 Å². The Morgan fingerprint density at radius 1 is 0.215 bits per heavy atom. The van der Waals surface area contributed by atoms with Gasteiger partial charge in [-0.3, -0.25) is 9.80 Å². The highest BCUT2D eigenvalue weighted by Gasteiger charge is 2.42. The Hall–Kier alpha value is -0.200. The van der Waals surface area contributed by atoms with Gasteiger partial charge < -0.3 is 15.3 Å². The smallest absolute Gasteiger partial charge is 0.0540 e. The van der Waals surface area contributed by atoms with E-state index in [1.807, 2.05) is 0 Å². The normalized spacial score (nSPS) is 43.2. The van der Waals surface area contributed by atoms with Crippen molar-refractivity contribution in [3.8, 4) is 0 Å². The molecule has 0 unspecified atom stereocenters. The van der Waals surface area contributed by atoms with Crippen LogP contribution in [0.1, 0.15) is 276 Å². The van der Waals surface area contributed by atoms with Gasteiger partial charge in [0.05, 0.1) is 18.3 Å². The minimum absolute atomic E-state index is 0.00679. The summed E-state index contributed by atoms with van der Waals surface area (Å²) in [5.41, 5.74) is 0. The molecule has 3 N–H and O–H groups in total. The fraction of sp³-hybridized carbons (Fsp3) is 1.00. The van der Waals surface area contributed by atoms with Crippen molar-refractivity contribution in [1.82, 2.24) is 9.80 Å². The Morgan fingerprint density at radius 2 is 0.415 bits per heavy atom. The lowest BCUT2D eigenvalue weighted by Gasteiger charge is -2.51. The molecule has 0 radical (unpaired) electrons. The summed E-state index contributed by atoms with van der Waals surface area (Å²) in [6.07, 6.45) is 59.8. The Bertz CT molecular complexity index is 1240. The average Bonchev–Trinajstić information content (AvgIpc) is 3.36. The van der Waals surface area contributed by atoms with Gasteiger partial charge in [0, 0.05) is 36.3 Å². The molecule has 0 saturated heterocycles. The molecular weight excluding hydrogens is 797 g/mol. The number of hydrogen-bond acceptors (Lipinski definition) is 5. The van der Waals surface area contributed by atoms with Crippen molar-refractivity contribution < 1.29 is 15.3 Å². The lowest BCUT2D eigenvalue weighted by atomic mass is 9.69. The van der Waals surface area contributed by atoms with Crippen molar-refractivity contribution in [3.63, 3.8) is 0 Å². The topological polar surface area (TPSA) is 67.2 Å². The Labute approximate surface area is 401 Å². The Morgan fingerprint density at radius 3 is 0.662 bits per heavy atom. The molecule has 0 aromatic rings. The molecule has 65 heavy (non-hydrogen) atoms. The molecule has 5 heteroatoms. The van der Waals surface area contributed by atoms with Gasteiger partial charge in [-0.05, 0) is 266 Å². The van der Waals surface area contributed by atoms with E-state index >= 15 is 0 Å². The number of hydrogen-bond donors (Lipinski definition) is 3. The molecule has 0 atom stereocenters. The first-order valence-corrected chi connectivity index (χ1v) is 30.5. The van der Waals surface area contributed by atoms with Crippen LogP contribution in [0.5, 0.6) is 0 Å². The maximum Gasteiger partial charge on any atom is 0.0540 e. The van der Waals surface area contributed by atoms with Crippen LogP contribution in [0.25, 0.3) is 0 Å². The van der Waals surface area contributed by atoms with E-state index in [4.69, 9.17) is 0 Å². The molecule has 0 amide bonds. The fourth-order valence-electron chi connectivity index (χ4n) is 17.8. The standard InChI is InChI=1S/C60H106N2O3/c63-58-38-18-47(19-39-58)9-6-44-12-28-53(29-13-44)61(52-4-2-1-3-5-52)56-34-24-50(25-35-56)51-26-36-57(37-27-51)62(54-30-14-45(15-31-54)7-10-48-20-40-59(64)41-21-48)55-32-16-46(17-33-55)8-11-49-22-42-60(65)43-23-49/h44-60,63-65H,1-43H2. The van der Waals surface area contributed by atoms with Crippen LogP contribution in [-0.4, -0.2) is 79.7 Å². The first-order valence-electron chi connectivity index (χ1n) is 30.5. The lowest BCUT2D eigenvalue weighted by Crippen LogP contribution is -2.53. The lowest BCUT2D eigenvalue weighted by molar-refractivity contribution is -0.0129. The van der Waals surface area contributed by atoms with Gasteiger partial charge in [-0.2, -0.15) is 0 Å². The third-order valence-electron chi connectivity index (χ3n) is 22.1. The van der Waals surface area contributed by atoms with Crippen LogP contribution in [0.3, 0.4) is 0 Å². The van der Waals surface area contributed by atoms with Crippen molar-refractivity contribution in [2.24, 2.45) is 47.3 Å². The highest BCUT2D eigenvalue weighted by molar-refractivity contribution is 4.97. The van der Waals surface area contributed by atoms with E-state index in [9.17, 15) is 15.3 Å². The molecule has 9 aliphatic carbocycles. The average molecular weight is 904 g/mol. The van der Waals surface area contributed by atoms with Gasteiger partial charge in [0.25, 0.3) is 0 Å². The van der Waals surface area contributed by atoms with Crippen LogP contribution < -0.4 is 0 Å². The van der Waals surface area contributed by atoms with Crippen LogP contribution >= 0.6 is 0 Å². The molecular formula is C60H106N2O3. The molecule has 0 spiro atoms. The maximum atomic E-state index is 10.1. The number of aliphatic hydroxyl groups excluding tert-OH is 3. The van der Waals surface area contributed by atoms with Crippen LogP contribution in [0.15, 0.2) is 0 Å². The number of aliphatic hydroxyl groups is 3. The molecule has 9 saturated carbocycles. The molecule has 0 aromatic heterocycles. The quantitative estimate of drug-likeness (QED) is 0.144. The van der Waals surface area contributed by atoms with Crippen LogP contribution in [-0.2, 0) is 0 Å². The summed E-state index contributed by atoms with van der Waals surface area (Å²) in [6, 6.07) is 5.15. The Balaban J connectivity index is 0.752. The van der Waals surface area contributed by atoms with E-state index in [-0.39, 0.29) is 18.3 Å².